The van der Waals surface area contributed by atoms with E-state index < -0.39 is 10.2 Å². The summed E-state index contributed by atoms with van der Waals surface area (Å²) in [5.41, 5.74) is 0.307. The first-order valence-electron chi connectivity index (χ1n) is 5.32. The van der Waals surface area contributed by atoms with Crippen molar-refractivity contribution in [3.63, 3.8) is 0 Å². The number of rotatable bonds is 0. The Morgan fingerprint density at radius 2 is 1.69 bits per heavy atom. The zero-order chi connectivity index (χ0) is 12.8. The highest BCUT2D eigenvalue weighted by atomic mass is 32.2. The summed E-state index contributed by atoms with van der Waals surface area (Å²) < 4.78 is 18.4. The van der Waals surface area contributed by atoms with Crippen molar-refractivity contribution in [1.82, 2.24) is 0 Å². The van der Waals surface area contributed by atoms with Gasteiger partial charge in [-0.1, -0.05) is 20.8 Å². The lowest BCUT2D eigenvalue weighted by atomic mass is 9.70. The molecule has 5 nitrogen and oxygen atoms in total. The molecule has 2 bridgehead atoms. The summed E-state index contributed by atoms with van der Waals surface area (Å²) in [6.45, 7) is 6.67. The van der Waals surface area contributed by atoms with E-state index in [-0.39, 0.29) is 10.8 Å². The van der Waals surface area contributed by atoms with E-state index in [0.717, 1.165) is 12.8 Å². The average molecular weight is 248 g/mol. The summed E-state index contributed by atoms with van der Waals surface area (Å²) in [5, 5.41) is 8.21. The van der Waals surface area contributed by atoms with Gasteiger partial charge in [0.1, 0.15) is 5.78 Å². The van der Waals surface area contributed by atoms with Crippen molar-refractivity contribution in [3.05, 3.63) is 0 Å². The van der Waals surface area contributed by atoms with E-state index in [2.05, 4.69) is 31.0 Å². The quantitative estimate of drug-likeness (QED) is 0.654. The van der Waals surface area contributed by atoms with E-state index in [4.69, 9.17) is 0 Å². The first-order chi connectivity index (χ1) is 6.98. The Labute approximate surface area is 96.8 Å². The normalized spacial score (nSPS) is 35.8. The highest BCUT2D eigenvalue weighted by Gasteiger charge is 2.61. The molecule has 0 heterocycles. The van der Waals surface area contributed by atoms with E-state index >= 15 is 0 Å². The van der Waals surface area contributed by atoms with E-state index in [1.807, 2.05) is 0 Å². The number of nitrogens with two attached hydrogens (primary N) is 2. The van der Waals surface area contributed by atoms with Gasteiger partial charge in [0.15, 0.2) is 0 Å². The van der Waals surface area contributed by atoms with Crippen molar-refractivity contribution in [2.45, 2.75) is 40.0 Å². The summed E-state index contributed by atoms with van der Waals surface area (Å²) in [5.74, 6) is 1.19. The van der Waals surface area contributed by atoms with Crippen LogP contribution in [-0.2, 0) is 15.0 Å². The number of carbonyl (C=O) groups excluding carboxylic acids is 1. The van der Waals surface area contributed by atoms with E-state index in [9.17, 15) is 13.2 Å². The molecule has 2 atom stereocenters. The minimum Gasteiger partial charge on any atom is -0.299 e. The molecule has 2 aliphatic carbocycles. The molecule has 0 aliphatic heterocycles. The standard InChI is InChI=1S/C10H16O.H4N2O2S/c1-9(2)7-4-5-10(9,3)8(11)6-7;1-5(2,3)4/h7H,4-6H2,1-3H3;(H4,1,2,3,4). The van der Waals surface area contributed by atoms with Gasteiger partial charge in [0.05, 0.1) is 0 Å². The van der Waals surface area contributed by atoms with Crippen LogP contribution in [0.15, 0.2) is 0 Å². The Hall–Kier alpha value is -0.460. The molecule has 0 amide bonds. The van der Waals surface area contributed by atoms with Crippen LogP contribution in [0.2, 0.25) is 0 Å². The smallest absolute Gasteiger partial charge is 0.271 e. The van der Waals surface area contributed by atoms with E-state index in [1.54, 1.807) is 0 Å². The summed E-state index contributed by atoms with van der Waals surface area (Å²) in [6.07, 6.45) is 3.25. The minimum absolute atomic E-state index is 0.0255. The van der Waals surface area contributed by atoms with Crippen LogP contribution < -0.4 is 10.3 Å². The first-order valence-corrected chi connectivity index (χ1v) is 6.93. The maximum atomic E-state index is 11.6. The van der Waals surface area contributed by atoms with Crippen molar-refractivity contribution in [3.8, 4) is 0 Å². The fraction of sp³-hybridized carbons (Fsp3) is 0.900. The number of ketones is 1. The highest BCUT2D eigenvalue weighted by molar-refractivity contribution is 7.86. The zero-order valence-corrected chi connectivity index (χ0v) is 10.8. The van der Waals surface area contributed by atoms with Gasteiger partial charge in [-0.2, -0.15) is 8.42 Å². The van der Waals surface area contributed by atoms with Crippen LogP contribution >= 0.6 is 0 Å². The molecule has 2 unspecified atom stereocenters. The van der Waals surface area contributed by atoms with Gasteiger partial charge in [-0.3, -0.25) is 4.79 Å². The summed E-state index contributed by atoms with van der Waals surface area (Å²) in [4.78, 5) is 11.6. The van der Waals surface area contributed by atoms with Gasteiger partial charge in [-0.05, 0) is 24.2 Å². The third kappa shape index (κ3) is 2.28. The van der Waals surface area contributed by atoms with Crippen molar-refractivity contribution in [1.29, 1.82) is 0 Å². The largest absolute Gasteiger partial charge is 0.299 e. The second kappa shape index (κ2) is 3.78. The van der Waals surface area contributed by atoms with Crippen LogP contribution in [0, 0.1) is 16.7 Å². The van der Waals surface area contributed by atoms with E-state index in [1.165, 1.54) is 6.42 Å². The van der Waals surface area contributed by atoms with Crippen LogP contribution in [0.5, 0.6) is 0 Å². The summed E-state index contributed by atoms with van der Waals surface area (Å²) in [6, 6.07) is 0. The molecule has 0 radical (unpaired) electrons. The molecule has 2 fully saturated rings. The van der Waals surface area contributed by atoms with Gasteiger partial charge < -0.3 is 0 Å². The van der Waals surface area contributed by atoms with Crippen LogP contribution in [0.3, 0.4) is 0 Å². The Morgan fingerprint density at radius 1 is 1.25 bits per heavy atom. The van der Waals surface area contributed by atoms with Crippen LogP contribution in [0.4, 0.5) is 0 Å². The Kier molecular flexibility index (Phi) is 3.22. The predicted molar refractivity (Wildman–Crippen MR) is 61.5 cm³/mol. The van der Waals surface area contributed by atoms with Gasteiger partial charge in [0.25, 0.3) is 10.2 Å². The van der Waals surface area contributed by atoms with Crippen molar-refractivity contribution in [2.24, 2.45) is 27.0 Å². The Morgan fingerprint density at radius 3 is 1.81 bits per heavy atom. The Bertz CT molecular complexity index is 394. The number of hydrogen-bond donors (Lipinski definition) is 2. The lowest BCUT2D eigenvalue weighted by molar-refractivity contribution is -0.128. The molecule has 0 aromatic heterocycles. The molecule has 2 aliphatic rings. The molecule has 0 saturated heterocycles. The highest BCUT2D eigenvalue weighted by Crippen LogP contribution is 2.63. The lowest BCUT2D eigenvalue weighted by Crippen LogP contribution is -2.32. The maximum Gasteiger partial charge on any atom is 0.271 e. The SMILES string of the molecule is CC12CCC(CC1=O)C2(C)C.NS(N)(=O)=O. The Balaban J connectivity index is 0.000000221. The third-order valence-corrected chi connectivity index (χ3v) is 4.48. The first kappa shape index (κ1) is 13.6. The van der Waals surface area contributed by atoms with Crippen molar-refractivity contribution < 1.29 is 13.2 Å². The third-order valence-electron chi connectivity index (χ3n) is 4.48. The van der Waals surface area contributed by atoms with Crippen molar-refractivity contribution >= 4 is 16.0 Å². The van der Waals surface area contributed by atoms with E-state index in [0.29, 0.717) is 11.7 Å². The van der Waals surface area contributed by atoms with Gasteiger partial charge in [-0.15, -0.1) is 0 Å². The molecule has 0 aromatic carbocycles. The molecule has 94 valence electrons. The number of Topliss-reactive ketones (excluding diaryl/α,β-unsaturated/α-hetero) is 1. The molecule has 4 N–H and O–H groups in total. The molecular weight excluding hydrogens is 228 g/mol. The van der Waals surface area contributed by atoms with Crippen LogP contribution in [0.25, 0.3) is 0 Å². The number of fused-ring (bicyclic) bond motifs is 2. The average Bonchev–Trinajstić information content (AvgIpc) is 2.33. The topological polar surface area (TPSA) is 103 Å². The predicted octanol–water partition coefficient (Wildman–Crippen LogP) is 0.550. The number of carbonyl (C=O) groups is 1. The molecule has 2 rings (SSSR count). The number of hydrogen-bond acceptors (Lipinski definition) is 3. The van der Waals surface area contributed by atoms with Gasteiger partial charge in [0.2, 0.25) is 0 Å². The molecule has 6 heteroatoms. The molecule has 0 aromatic rings. The second-order valence-corrected chi connectivity index (χ2v) is 6.68. The summed E-state index contributed by atoms with van der Waals surface area (Å²) >= 11 is 0. The van der Waals surface area contributed by atoms with Crippen molar-refractivity contribution in [2.75, 3.05) is 0 Å². The zero-order valence-electron chi connectivity index (χ0n) is 9.99. The molecule has 2 saturated carbocycles. The van der Waals surface area contributed by atoms with Gasteiger partial charge >= 0.3 is 0 Å². The molecule has 0 spiro atoms. The van der Waals surface area contributed by atoms with Gasteiger partial charge in [-0.25, -0.2) is 10.3 Å². The fourth-order valence-electron chi connectivity index (χ4n) is 2.90. The van der Waals surface area contributed by atoms with Gasteiger partial charge in [0, 0.05) is 11.8 Å². The molecule has 16 heavy (non-hydrogen) atoms. The summed E-state index contributed by atoms with van der Waals surface area (Å²) in [7, 11) is -3.67. The minimum atomic E-state index is -3.67. The second-order valence-electron chi connectivity index (χ2n) is 5.51. The maximum absolute atomic E-state index is 11.6. The fourth-order valence-corrected chi connectivity index (χ4v) is 2.90. The molecular formula is C10H20N2O3S. The lowest BCUT2D eigenvalue weighted by Gasteiger charge is -2.32. The van der Waals surface area contributed by atoms with Crippen LogP contribution in [-0.4, -0.2) is 14.2 Å². The van der Waals surface area contributed by atoms with Crippen LogP contribution in [0.1, 0.15) is 40.0 Å². The monoisotopic (exact) mass is 248 g/mol.